The molecule has 0 aliphatic carbocycles. The van der Waals surface area contributed by atoms with Crippen LogP contribution in [0, 0.1) is 0 Å². The highest BCUT2D eigenvalue weighted by Crippen LogP contribution is 2.36. The molecule has 1 aliphatic heterocycles. The van der Waals surface area contributed by atoms with Crippen LogP contribution in [0.1, 0.15) is 41.5 Å². The van der Waals surface area contributed by atoms with Gasteiger partial charge in [0.2, 0.25) is 0 Å². The van der Waals surface area contributed by atoms with Crippen LogP contribution in [-0.2, 0) is 9.31 Å². The third kappa shape index (κ3) is 3.25. The summed E-state index contributed by atoms with van der Waals surface area (Å²) in [6, 6.07) is 5.44. The van der Waals surface area contributed by atoms with Gasteiger partial charge in [-0.25, -0.2) is 0 Å². The molecule has 1 fully saturated rings. The minimum Gasteiger partial charge on any atom is -0.399 e. The zero-order valence-corrected chi connectivity index (χ0v) is 13.3. The summed E-state index contributed by atoms with van der Waals surface area (Å²) in [6.45, 7) is 12.1. The van der Waals surface area contributed by atoms with Gasteiger partial charge in [0, 0.05) is 0 Å². The number of hydrogen-bond donors (Lipinski definition) is 1. The zero-order valence-electron chi connectivity index (χ0n) is 12.6. The topological polar surface area (TPSA) is 44.5 Å². The Labute approximate surface area is 121 Å². The summed E-state index contributed by atoms with van der Waals surface area (Å²) in [5, 5.41) is 0.525. The molecule has 0 spiro atoms. The summed E-state index contributed by atoms with van der Waals surface area (Å²) >= 11 is 6.00. The second kappa shape index (κ2) is 5.74. The molecule has 1 aromatic rings. The highest BCUT2D eigenvalue weighted by Gasteiger charge is 2.51. The molecule has 0 saturated carbocycles. The standard InChI is InChI=1S/C12H17BClNO2.C2H6/c1-11(2)12(3,4)17-13(16-11)8-5-6-10(15)9(14)7-8;1-2/h5-7H,15H2,1-4H3;1-2H3. The molecule has 0 aromatic heterocycles. The normalized spacial score (nSPS) is 19.8. The molecule has 0 unspecified atom stereocenters. The van der Waals surface area contributed by atoms with Crippen LogP contribution in [-0.4, -0.2) is 18.3 Å². The van der Waals surface area contributed by atoms with Crippen LogP contribution in [0.4, 0.5) is 5.69 Å². The lowest BCUT2D eigenvalue weighted by molar-refractivity contribution is 0.00578. The van der Waals surface area contributed by atoms with Crippen molar-refractivity contribution in [3.05, 3.63) is 23.2 Å². The summed E-state index contributed by atoms with van der Waals surface area (Å²) in [6.07, 6.45) is 0. The first-order valence-corrected chi connectivity index (χ1v) is 7.01. The highest BCUT2D eigenvalue weighted by molar-refractivity contribution is 6.62. The Morgan fingerprint density at radius 2 is 1.53 bits per heavy atom. The van der Waals surface area contributed by atoms with E-state index in [0.29, 0.717) is 10.7 Å². The van der Waals surface area contributed by atoms with Gasteiger partial charge in [-0.2, -0.15) is 0 Å². The Kier molecular flexibility index (Phi) is 4.94. The first-order valence-electron chi connectivity index (χ1n) is 6.63. The van der Waals surface area contributed by atoms with Crippen LogP contribution in [0.3, 0.4) is 0 Å². The van der Waals surface area contributed by atoms with E-state index in [9.17, 15) is 0 Å². The van der Waals surface area contributed by atoms with Gasteiger partial charge in [-0.1, -0.05) is 31.5 Å². The highest BCUT2D eigenvalue weighted by atomic mass is 35.5. The van der Waals surface area contributed by atoms with Crippen molar-refractivity contribution in [3.63, 3.8) is 0 Å². The molecular formula is C14H23BClNO2. The maximum atomic E-state index is 6.00. The van der Waals surface area contributed by atoms with E-state index in [2.05, 4.69) is 0 Å². The Bertz CT molecular complexity index is 433. The lowest BCUT2D eigenvalue weighted by atomic mass is 9.79. The van der Waals surface area contributed by atoms with Crippen LogP contribution in [0.25, 0.3) is 0 Å². The fourth-order valence-electron chi connectivity index (χ4n) is 1.67. The molecule has 2 rings (SSSR count). The first kappa shape index (κ1) is 16.3. The van der Waals surface area contributed by atoms with Crippen LogP contribution in [0.15, 0.2) is 18.2 Å². The third-order valence-corrected chi connectivity index (χ3v) is 3.88. The molecule has 19 heavy (non-hydrogen) atoms. The van der Waals surface area contributed by atoms with Gasteiger partial charge in [0.25, 0.3) is 0 Å². The van der Waals surface area contributed by atoms with Crippen LogP contribution >= 0.6 is 11.6 Å². The summed E-state index contributed by atoms with van der Waals surface area (Å²) in [4.78, 5) is 0. The van der Waals surface area contributed by atoms with E-state index in [4.69, 9.17) is 26.6 Å². The van der Waals surface area contributed by atoms with Crippen LogP contribution in [0.5, 0.6) is 0 Å². The van der Waals surface area contributed by atoms with Crippen LogP contribution in [0.2, 0.25) is 5.02 Å². The average molecular weight is 284 g/mol. The Morgan fingerprint density at radius 1 is 1.05 bits per heavy atom. The number of benzene rings is 1. The predicted octanol–water partition coefficient (Wildman–Crippen LogP) is 3.25. The minimum atomic E-state index is -0.391. The summed E-state index contributed by atoms with van der Waals surface area (Å²) in [5.41, 5.74) is 6.45. The van der Waals surface area contributed by atoms with Gasteiger partial charge in [-0.15, -0.1) is 0 Å². The summed E-state index contributed by atoms with van der Waals surface area (Å²) in [5.74, 6) is 0. The van der Waals surface area contributed by atoms with Gasteiger partial charge in [0.15, 0.2) is 0 Å². The molecule has 106 valence electrons. The molecule has 0 atom stereocenters. The van der Waals surface area contributed by atoms with Crippen molar-refractivity contribution in [2.75, 3.05) is 5.73 Å². The maximum Gasteiger partial charge on any atom is 0.494 e. The summed E-state index contributed by atoms with van der Waals surface area (Å²) < 4.78 is 11.8. The van der Waals surface area contributed by atoms with Gasteiger partial charge in [-0.05, 0) is 45.3 Å². The molecule has 5 heteroatoms. The third-order valence-electron chi connectivity index (χ3n) is 3.55. The van der Waals surface area contributed by atoms with Gasteiger partial charge in [-0.3, -0.25) is 0 Å². The second-order valence-corrected chi connectivity index (χ2v) is 5.78. The largest absolute Gasteiger partial charge is 0.494 e. The van der Waals surface area contributed by atoms with Gasteiger partial charge < -0.3 is 15.0 Å². The van der Waals surface area contributed by atoms with E-state index in [-0.39, 0.29) is 11.2 Å². The predicted molar refractivity (Wildman–Crippen MR) is 82.9 cm³/mol. The fourth-order valence-corrected chi connectivity index (χ4v) is 1.86. The molecule has 1 heterocycles. The molecule has 3 nitrogen and oxygen atoms in total. The molecule has 1 aromatic carbocycles. The minimum absolute atomic E-state index is 0.342. The van der Waals surface area contributed by atoms with E-state index in [1.807, 2.05) is 47.6 Å². The number of nitrogen functional groups attached to an aromatic ring is 1. The van der Waals surface area contributed by atoms with E-state index < -0.39 is 7.12 Å². The van der Waals surface area contributed by atoms with Crippen molar-refractivity contribution in [1.29, 1.82) is 0 Å². The van der Waals surface area contributed by atoms with Crippen molar-refractivity contribution in [2.45, 2.75) is 52.7 Å². The van der Waals surface area contributed by atoms with Crippen molar-refractivity contribution in [2.24, 2.45) is 0 Å². The maximum absolute atomic E-state index is 6.00. The number of hydrogen-bond acceptors (Lipinski definition) is 3. The van der Waals surface area contributed by atoms with E-state index in [1.165, 1.54) is 0 Å². The first-order chi connectivity index (χ1) is 8.73. The molecule has 0 amide bonds. The van der Waals surface area contributed by atoms with Gasteiger partial charge in [0.1, 0.15) is 0 Å². The number of halogens is 1. The fraction of sp³-hybridized carbons (Fsp3) is 0.571. The molecule has 0 radical (unpaired) electrons. The Hall–Kier alpha value is -0.705. The SMILES string of the molecule is CC.CC1(C)OB(c2ccc(N)c(Cl)c2)OC1(C)C. The monoisotopic (exact) mass is 283 g/mol. The van der Waals surface area contributed by atoms with Crippen molar-refractivity contribution in [3.8, 4) is 0 Å². The molecule has 1 aliphatic rings. The van der Waals surface area contributed by atoms with Gasteiger partial charge in [0.05, 0.1) is 21.9 Å². The lowest BCUT2D eigenvalue weighted by Gasteiger charge is -2.32. The van der Waals surface area contributed by atoms with Crippen molar-refractivity contribution < 1.29 is 9.31 Å². The Morgan fingerprint density at radius 3 is 1.95 bits per heavy atom. The molecular weight excluding hydrogens is 260 g/mol. The van der Waals surface area contributed by atoms with Crippen LogP contribution < -0.4 is 11.2 Å². The van der Waals surface area contributed by atoms with Gasteiger partial charge >= 0.3 is 7.12 Å². The number of nitrogens with two attached hydrogens (primary N) is 1. The van der Waals surface area contributed by atoms with E-state index >= 15 is 0 Å². The molecule has 0 bridgehead atoms. The second-order valence-electron chi connectivity index (χ2n) is 5.37. The zero-order chi connectivity index (χ0) is 14.8. The molecule has 2 N–H and O–H groups in total. The van der Waals surface area contributed by atoms with Crippen molar-refractivity contribution >= 4 is 29.9 Å². The quantitative estimate of drug-likeness (QED) is 0.635. The molecule has 1 saturated heterocycles. The number of rotatable bonds is 1. The summed E-state index contributed by atoms with van der Waals surface area (Å²) in [7, 11) is -0.391. The van der Waals surface area contributed by atoms with E-state index in [1.54, 1.807) is 12.1 Å². The van der Waals surface area contributed by atoms with Crippen molar-refractivity contribution in [1.82, 2.24) is 0 Å². The number of anilines is 1. The lowest BCUT2D eigenvalue weighted by Crippen LogP contribution is -2.41. The Balaban J connectivity index is 0.000000861. The van der Waals surface area contributed by atoms with E-state index in [0.717, 1.165) is 5.46 Å². The smallest absolute Gasteiger partial charge is 0.399 e. The average Bonchev–Trinajstić information content (AvgIpc) is 2.55.